The molecule has 0 bridgehead atoms. The highest BCUT2D eigenvalue weighted by Gasteiger charge is 2.34. The lowest BCUT2D eigenvalue weighted by molar-refractivity contribution is -0.274. The Morgan fingerprint density at radius 3 is 2.53 bits per heavy atom. The number of carboxylic acid groups (broad SMARTS) is 1. The summed E-state index contributed by atoms with van der Waals surface area (Å²) in [6, 6.07) is 0.672. The number of hydrogen-bond donors (Lipinski definition) is 1. The van der Waals surface area contributed by atoms with Gasteiger partial charge in [0.25, 0.3) is 0 Å². The largest absolute Gasteiger partial charge is 0.573 e. The molecule has 9 heteroatoms. The average molecular weight is 365 g/mol. The molecular formula is C8H4F4INO3. The predicted molar refractivity (Wildman–Crippen MR) is 55.4 cm³/mol. The first-order valence-corrected chi connectivity index (χ1v) is 5.07. The van der Waals surface area contributed by atoms with Crippen molar-refractivity contribution >= 4 is 28.6 Å². The van der Waals surface area contributed by atoms with Crippen molar-refractivity contribution in [1.29, 1.82) is 0 Å². The molecule has 0 aliphatic rings. The van der Waals surface area contributed by atoms with Crippen LogP contribution in [0.1, 0.15) is 16.1 Å². The second kappa shape index (κ2) is 5.02. The highest BCUT2D eigenvalue weighted by molar-refractivity contribution is 14.1. The zero-order valence-electron chi connectivity index (χ0n) is 7.89. The molecule has 1 N–H and O–H groups in total. The van der Waals surface area contributed by atoms with E-state index in [0.717, 1.165) is 0 Å². The number of aromatic carboxylic acids is 1. The van der Waals surface area contributed by atoms with Gasteiger partial charge in [-0.3, -0.25) is 0 Å². The predicted octanol–water partition coefficient (Wildman–Crippen LogP) is 2.75. The molecule has 0 aliphatic heterocycles. The van der Waals surface area contributed by atoms with Gasteiger partial charge < -0.3 is 9.84 Å². The van der Waals surface area contributed by atoms with E-state index in [2.05, 4.69) is 9.72 Å². The van der Waals surface area contributed by atoms with Crippen LogP contribution in [0.5, 0.6) is 5.75 Å². The van der Waals surface area contributed by atoms with Gasteiger partial charge in [0.15, 0.2) is 11.4 Å². The lowest BCUT2D eigenvalue weighted by atomic mass is 10.2. The van der Waals surface area contributed by atoms with Crippen LogP contribution in [0.15, 0.2) is 6.07 Å². The van der Waals surface area contributed by atoms with E-state index in [0.29, 0.717) is 6.07 Å². The summed E-state index contributed by atoms with van der Waals surface area (Å²) in [7, 11) is 0. The molecule has 1 aromatic heterocycles. The Labute approximate surface area is 106 Å². The van der Waals surface area contributed by atoms with Crippen LogP contribution in [0, 0.1) is 3.70 Å². The molecule has 0 spiro atoms. The van der Waals surface area contributed by atoms with E-state index < -0.39 is 30.4 Å². The zero-order chi connectivity index (χ0) is 13.2. The van der Waals surface area contributed by atoms with Crippen LogP contribution in [0.2, 0.25) is 0 Å². The van der Waals surface area contributed by atoms with Gasteiger partial charge in [0, 0.05) is 5.56 Å². The van der Waals surface area contributed by atoms with Gasteiger partial charge in [-0.1, -0.05) is 0 Å². The highest BCUT2D eigenvalue weighted by atomic mass is 127. The monoisotopic (exact) mass is 365 g/mol. The number of alkyl halides is 4. The van der Waals surface area contributed by atoms with Crippen LogP contribution in [0.3, 0.4) is 0 Å². The highest BCUT2D eigenvalue weighted by Crippen LogP contribution is 2.28. The first kappa shape index (κ1) is 13.9. The summed E-state index contributed by atoms with van der Waals surface area (Å²) in [5, 5.41) is 8.64. The number of carboxylic acids is 1. The molecule has 0 fully saturated rings. The van der Waals surface area contributed by atoms with Crippen molar-refractivity contribution < 1.29 is 32.2 Å². The third kappa shape index (κ3) is 3.68. The van der Waals surface area contributed by atoms with Crippen molar-refractivity contribution in [3.05, 3.63) is 21.0 Å². The van der Waals surface area contributed by atoms with Crippen LogP contribution < -0.4 is 4.74 Å². The van der Waals surface area contributed by atoms with Crippen molar-refractivity contribution in [3.8, 4) is 5.75 Å². The van der Waals surface area contributed by atoms with Crippen LogP contribution in [0.25, 0.3) is 0 Å². The third-order valence-electron chi connectivity index (χ3n) is 1.59. The number of nitrogens with zero attached hydrogens (tertiary/aromatic N) is 1. The molecule has 0 unspecified atom stereocenters. The molecule has 0 radical (unpaired) electrons. The topological polar surface area (TPSA) is 59.4 Å². The molecule has 1 heterocycles. The SMILES string of the molecule is O=C(O)c1nc(I)c(CF)cc1OC(F)(F)F. The molecule has 0 aromatic carbocycles. The Bertz CT molecular complexity index is 449. The van der Waals surface area contributed by atoms with Crippen molar-refractivity contribution in [1.82, 2.24) is 4.98 Å². The van der Waals surface area contributed by atoms with E-state index >= 15 is 0 Å². The molecule has 0 saturated carbocycles. The van der Waals surface area contributed by atoms with Crippen LogP contribution in [-0.4, -0.2) is 22.4 Å². The zero-order valence-corrected chi connectivity index (χ0v) is 10.0. The Morgan fingerprint density at radius 1 is 1.53 bits per heavy atom. The minimum Gasteiger partial charge on any atom is -0.476 e. The first-order chi connectivity index (χ1) is 7.74. The quantitative estimate of drug-likeness (QED) is 0.509. The number of carbonyl (C=O) groups is 1. The van der Waals surface area contributed by atoms with Crippen molar-refractivity contribution in [2.24, 2.45) is 0 Å². The fourth-order valence-corrected chi connectivity index (χ4v) is 1.50. The van der Waals surface area contributed by atoms with Gasteiger partial charge >= 0.3 is 12.3 Å². The molecule has 0 atom stereocenters. The van der Waals surface area contributed by atoms with Gasteiger partial charge in [0.05, 0.1) is 0 Å². The van der Waals surface area contributed by atoms with Crippen LogP contribution >= 0.6 is 22.6 Å². The van der Waals surface area contributed by atoms with E-state index in [9.17, 15) is 22.4 Å². The molecule has 17 heavy (non-hydrogen) atoms. The van der Waals surface area contributed by atoms with Gasteiger partial charge in [-0.15, -0.1) is 13.2 Å². The Morgan fingerprint density at radius 2 is 2.12 bits per heavy atom. The summed E-state index contributed by atoms with van der Waals surface area (Å²) in [5.41, 5.74) is -1.08. The molecule has 0 saturated heterocycles. The lowest BCUT2D eigenvalue weighted by Crippen LogP contribution is -2.20. The molecular weight excluding hydrogens is 361 g/mol. The number of rotatable bonds is 3. The summed E-state index contributed by atoms with van der Waals surface area (Å²) < 4.78 is 51.8. The maximum absolute atomic E-state index is 12.4. The van der Waals surface area contributed by atoms with E-state index in [4.69, 9.17) is 5.11 Å². The second-order valence-electron chi connectivity index (χ2n) is 2.77. The van der Waals surface area contributed by atoms with E-state index in [1.165, 1.54) is 22.6 Å². The number of ether oxygens (including phenoxy) is 1. The standard InChI is InChI=1S/C8H4F4INO3/c9-2-3-1-4(17-8(10,11)12)5(7(15)16)14-6(3)13/h1H,2H2,(H,15,16). The minimum atomic E-state index is -5.06. The Balaban J connectivity index is 3.29. The number of aromatic nitrogens is 1. The minimum absolute atomic E-state index is 0.0305. The molecule has 1 aromatic rings. The van der Waals surface area contributed by atoms with E-state index in [1.54, 1.807) is 0 Å². The molecule has 4 nitrogen and oxygen atoms in total. The van der Waals surface area contributed by atoms with Crippen LogP contribution in [0.4, 0.5) is 17.6 Å². The maximum Gasteiger partial charge on any atom is 0.573 e. The van der Waals surface area contributed by atoms with E-state index in [-0.39, 0.29) is 9.26 Å². The van der Waals surface area contributed by atoms with Crippen molar-refractivity contribution in [2.75, 3.05) is 0 Å². The van der Waals surface area contributed by atoms with Crippen molar-refractivity contribution in [2.45, 2.75) is 13.0 Å². The molecule has 1 rings (SSSR count). The summed E-state index contributed by atoms with van der Waals surface area (Å²) in [6.45, 7) is -1.07. The number of hydrogen-bond acceptors (Lipinski definition) is 3. The Hall–Kier alpha value is -1.13. The van der Waals surface area contributed by atoms with Gasteiger partial charge in [-0.25, -0.2) is 14.2 Å². The number of halogens is 5. The summed E-state index contributed by atoms with van der Waals surface area (Å²) in [4.78, 5) is 14.0. The second-order valence-corrected chi connectivity index (χ2v) is 3.79. The average Bonchev–Trinajstić information content (AvgIpc) is 2.17. The molecule has 0 aliphatic carbocycles. The Kier molecular flexibility index (Phi) is 4.11. The number of pyridine rings is 1. The molecule has 0 amide bonds. The van der Waals surface area contributed by atoms with Gasteiger partial charge in [-0.05, 0) is 28.7 Å². The van der Waals surface area contributed by atoms with Gasteiger partial charge in [-0.2, -0.15) is 0 Å². The lowest BCUT2D eigenvalue weighted by Gasteiger charge is -2.12. The van der Waals surface area contributed by atoms with Crippen molar-refractivity contribution in [3.63, 3.8) is 0 Å². The molecule has 94 valence electrons. The fraction of sp³-hybridized carbons (Fsp3) is 0.250. The third-order valence-corrected chi connectivity index (χ3v) is 2.52. The maximum atomic E-state index is 12.4. The normalized spacial score (nSPS) is 11.4. The summed E-state index contributed by atoms with van der Waals surface area (Å²) in [6.07, 6.45) is -5.06. The van der Waals surface area contributed by atoms with Gasteiger partial charge in [0.1, 0.15) is 10.4 Å². The first-order valence-electron chi connectivity index (χ1n) is 3.99. The smallest absolute Gasteiger partial charge is 0.476 e. The summed E-state index contributed by atoms with van der Waals surface area (Å²) in [5.74, 6) is -2.72. The fourth-order valence-electron chi connectivity index (χ4n) is 0.961. The van der Waals surface area contributed by atoms with Gasteiger partial charge in [0.2, 0.25) is 0 Å². The van der Waals surface area contributed by atoms with Crippen LogP contribution in [-0.2, 0) is 6.67 Å². The summed E-state index contributed by atoms with van der Waals surface area (Å²) >= 11 is 1.52. The van der Waals surface area contributed by atoms with E-state index in [1.807, 2.05) is 0 Å².